The van der Waals surface area contributed by atoms with Crippen molar-refractivity contribution in [1.82, 2.24) is 4.98 Å². The SMILES string of the molecule is CN(C)c1nc(C(=O)O)ccc1N. The highest BCUT2D eigenvalue weighted by Gasteiger charge is 2.09. The van der Waals surface area contributed by atoms with Crippen molar-refractivity contribution in [2.75, 3.05) is 24.7 Å². The maximum Gasteiger partial charge on any atom is 0.354 e. The number of anilines is 2. The topological polar surface area (TPSA) is 79.5 Å². The van der Waals surface area contributed by atoms with Gasteiger partial charge in [0.25, 0.3) is 0 Å². The molecule has 5 heteroatoms. The summed E-state index contributed by atoms with van der Waals surface area (Å²) in [5, 5.41) is 8.66. The van der Waals surface area contributed by atoms with Crippen LogP contribution in [0, 0.1) is 0 Å². The minimum Gasteiger partial charge on any atom is -0.477 e. The average Bonchev–Trinajstić information content (AvgIpc) is 2.04. The summed E-state index contributed by atoms with van der Waals surface area (Å²) in [6.45, 7) is 0. The quantitative estimate of drug-likeness (QED) is 0.691. The largest absolute Gasteiger partial charge is 0.477 e. The van der Waals surface area contributed by atoms with Gasteiger partial charge in [0, 0.05) is 14.1 Å². The van der Waals surface area contributed by atoms with Gasteiger partial charge in [-0.2, -0.15) is 0 Å². The van der Waals surface area contributed by atoms with Gasteiger partial charge in [-0.15, -0.1) is 0 Å². The van der Waals surface area contributed by atoms with Crippen molar-refractivity contribution in [3.05, 3.63) is 17.8 Å². The first-order valence-electron chi connectivity index (χ1n) is 3.69. The Morgan fingerprint density at radius 2 is 2.15 bits per heavy atom. The van der Waals surface area contributed by atoms with Crippen LogP contribution in [-0.2, 0) is 0 Å². The van der Waals surface area contributed by atoms with Crippen LogP contribution in [-0.4, -0.2) is 30.2 Å². The summed E-state index contributed by atoms with van der Waals surface area (Å²) in [7, 11) is 3.51. The van der Waals surface area contributed by atoms with E-state index < -0.39 is 5.97 Å². The second-order valence-corrected chi connectivity index (χ2v) is 2.81. The number of aromatic carboxylic acids is 1. The van der Waals surface area contributed by atoms with Crippen LogP contribution in [0.25, 0.3) is 0 Å². The van der Waals surface area contributed by atoms with Crippen LogP contribution in [0.15, 0.2) is 12.1 Å². The molecular weight excluding hydrogens is 170 g/mol. The van der Waals surface area contributed by atoms with Crippen molar-refractivity contribution < 1.29 is 9.90 Å². The van der Waals surface area contributed by atoms with Crippen molar-refractivity contribution in [2.24, 2.45) is 0 Å². The summed E-state index contributed by atoms with van der Waals surface area (Å²) in [6.07, 6.45) is 0. The summed E-state index contributed by atoms with van der Waals surface area (Å²) in [4.78, 5) is 16.1. The number of rotatable bonds is 2. The summed E-state index contributed by atoms with van der Waals surface area (Å²) < 4.78 is 0. The molecule has 1 aromatic heterocycles. The lowest BCUT2D eigenvalue weighted by Gasteiger charge is -2.13. The molecule has 1 rings (SSSR count). The molecule has 0 bridgehead atoms. The smallest absolute Gasteiger partial charge is 0.354 e. The standard InChI is InChI=1S/C8H11N3O2/c1-11(2)7-5(9)3-4-6(10-7)8(12)13/h3-4H,9H2,1-2H3,(H,12,13). The van der Waals surface area contributed by atoms with Crippen LogP contribution in [0.3, 0.4) is 0 Å². The fraction of sp³-hybridized carbons (Fsp3) is 0.250. The highest BCUT2D eigenvalue weighted by molar-refractivity contribution is 5.86. The number of carbonyl (C=O) groups is 1. The summed E-state index contributed by atoms with van der Waals surface area (Å²) in [5.74, 6) is -0.581. The number of nitrogens with two attached hydrogens (primary N) is 1. The van der Waals surface area contributed by atoms with E-state index in [1.165, 1.54) is 12.1 Å². The van der Waals surface area contributed by atoms with Gasteiger partial charge in [0.05, 0.1) is 5.69 Å². The van der Waals surface area contributed by atoms with E-state index in [4.69, 9.17) is 10.8 Å². The molecule has 3 N–H and O–H groups in total. The molecule has 0 saturated carbocycles. The third-order valence-corrected chi connectivity index (χ3v) is 1.55. The molecule has 0 atom stereocenters. The summed E-state index contributed by atoms with van der Waals surface area (Å²) >= 11 is 0. The lowest BCUT2D eigenvalue weighted by atomic mass is 10.3. The monoisotopic (exact) mass is 181 g/mol. The zero-order chi connectivity index (χ0) is 10.0. The van der Waals surface area contributed by atoms with Gasteiger partial charge in [0.15, 0.2) is 11.5 Å². The molecule has 0 aliphatic heterocycles. The second kappa shape index (κ2) is 3.30. The van der Waals surface area contributed by atoms with Gasteiger partial charge in [-0.3, -0.25) is 0 Å². The molecule has 0 aliphatic carbocycles. The van der Waals surface area contributed by atoms with Crippen molar-refractivity contribution in [3.63, 3.8) is 0 Å². The number of carboxylic acids is 1. The van der Waals surface area contributed by atoms with Crippen LogP contribution in [0.1, 0.15) is 10.5 Å². The molecule has 0 aliphatic rings. The Morgan fingerprint density at radius 3 is 2.62 bits per heavy atom. The summed E-state index contributed by atoms with van der Waals surface area (Å²) in [5.41, 5.74) is 6.06. The third kappa shape index (κ3) is 1.87. The Morgan fingerprint density at radius 1 is 1.54 bits per heavy atom. The van der Waals surface area contributed by atoms with E-state index in [1.807, 2.05) is 0 Å². The molecule has 0 aromatic carbocycles. The lowest BCUT2D eigenvalue weighted by Crippen LogP contribution is -2.15. The predicted octanol–water partition coefficient (Wildman–Crippen LogP) is 0.428. The first-order valence-corrected chi connectivity index (χ1v) is 3.69. The van der Waals surface area contributed by atoms with E-state index in [0.29, 0.717) is 11.5 Å². The Balaban J connectivity index is 3.19. The van der Waals surface area contributed by atoms with Gasteiger partial charge in [0.1, 0.15) is 0 Å². The third-order valence-electron chi connectivity index (χ3n) is 1.55. The van der Waals surface area contributed by atoms with Crippen LogP contribution < -0.4 is 10.6 Å². The minimum atomic E-state index is -1.05. The highest BCUT2D eigenvalue weighted by Crippen LogP contribution is 2.17. The highest BCUT2D eigenvalue weighted by atomic mass is 16.4. The molecule has 0 amide bonds. The van der Waals surface area contributed by atoms with Gasteiger partial charge < -0.3 is 15.7 Å². The number of aromatic nitrogens is 1. The second-order valence-electron chi connectivity index (χ2n) is 2.81. The van der Waals surface area contributed by atoms with E-state index >= 15 is 0 Å². The van der Waals surface area contributed by atoms with Crippen molar-refractivity contribution in [2.45, 2.75) is 0 Å². The minimum absolute atomic E-state index is 0.00194. The Labute approximate surface area is 75.8 Å². The zero-order valence-electron chi connectivity index (χ0n) is 7.48. The average molecular weight is 181 g/mol. The maximum absolute atomic E-state index is 10.6. The molecule has 0 radical (unpaired) electrons. The van der Waals surface area contributed by atoms with E-state index in [1.54, 1.807) is 19.0 Å². The van der Waals surface area contributed by atoms with E-state index in [0.717, 1.165) is 0 Å². The summed E-state index contributed by atoms with van der Waals surface area (Å²) in [6, 6.07) is 2.91. The fourth-order valence-electron chi connectivity index (χ4n) is 0.936. The molecule has 1 aromatic rings. The van der Waals surface area contributed by atoms with Crippen molar-refractivity contribution in [1.29, 1.82) is 0 Å². The molecular formula is C8H11N3O2. The molecule has 0 spiro atoms. The van der Waals surface area contributed by atoms with Gasteiger partial charge in [-0.1, -0.05) is 0 Å². The van der Waals surface area contributed by atoms with E-state index in [9.17, 15) is 4.79 Å². The van der Waals surface area contributed by atoms with E-state index in [2.05, 4.69) is 4.98 Å². The van der Waals surface area contributed by atoms with Gasteiger partial charge >= 0.3 is 5.97 Å². The van der Waals surface area contributed by atoms with E-state index in [-0.39, 0.29) is 5.69 Å². The number of pyridine rings is 1. The molecule has 70 valence electrons. The van der Waals surface area contributed by atoms with Gasteiger partial charge in [0.2, 0.25) is 0 Å². The van der Waals surface area contributed by atoms with Gasteiger partial charge in [-0.05, 0) is 12.1 Å². The molecule has 13 heavy (non-hydrogen) atoms. The van der Waals surface area contributed by atoms with Crippen LogP contribution in [0.4, 0.5) is 11.5 Å². The number of nitrogen functional groups attached to an aromatic ring is 1. The lowest BCUT2D eigenvalue weighted by molar-refractivity contribution is 0.0690. The number of hydrogen-bond donors (Lipinski definition) is 2. The Kier molecular flexibility index (Phi) is 2.36. The Hall–Kier alpha value is -1.78. The first-order chi connectivity index (χ1) is 6.02. The maximum atomic E-state index is 10.6. The van der Waals surface area contributed by atoms with Crippen molar-refractivity contribution in [3.8, 4) is 0 Å². The van der Waals surface area contributed by atoms with Crippen LogP contribution >= 0.6 is 0 Å². The first kappa shape index (κ1) is 9.31. The molecule has 5 nitrogen and oxygen atoms in total. The Bertz CT molecular complexity index is 336. The molecule has 0 unspecified atom stereocenters. The van der Waals surface area contributed by atoms with Crippen LogP contribution in [0.2, 0.25) is 0 Å². The van der Waals surface area contributed by atoms with Crippen LogP contribution in [0.5, 0.6) is 0 Å². The fourth-order valence-corrected chi connectivity index (χ4v) is 0.936. The number of nitrogens with zero attached hydrogens (tertiary/aromatic N) is 2. The van der Waals surface area contributed by atoms with Crippen molar-refractivity contribution >= 4 is 17.5 Å². The number of hydrogen-bond acceptors (Lipinski definition) is 4. The predicted molar refractivity (Wildman–Crippen MR) is 49.9 cm³/mol. The molecule has 0 saturated heterocycles. The van der Waals surface area contributed by atoms with Gasteiger partial charge in [-0.25, -0.2) is 9.78 Å². The molecule has 0 fully saturated rings. The number of carboxylic acid groups (broad SMARTS) is 1. The zero-order valence-corrected chi connectivity index (χ0v) is 7.48. The normalized spacial score (nSPS) is 9.69. The molecule has 1 heterocycles.